The number of anilines is 1. The minimum Gasteiger partial charge on any atom is -0.336 e. The van der Waals surface area contributed by atoms with Crippen molar-refractivity contribution in [3.8, 4) is 0 Å². The molecule has 2 rings (SSSR count). The SMILES string of the molecule is CC1(C)CCCN1c1ncc(C=O)cn1. The lowest BCUT2D eigenvalue weighted by Crippen LogP contribution is -2.39. The van der Waals surface area contributed by atoms with Crippen molar-refractivity contribution in [2.75, 3.05) is 11.4 Å². The first-order chi connectivity index (χ1) is 7.13. The van der Waals surface area contributed by atoms with Crippen molar-refractivity contribution in [1.82, 2.24) is 9.97 Å². The van der Waals surface area contributed by atoms with Gasteiger partial charge in [-0.2, -0.15) is 0 Å². The molecular weight excluding hydrogens is 190 g/mol. The van der Waals surface area contributed by atoms with E-state index in [2.05, 4.69) is 28.7 Å². The minimum atomic E-state index is 0.128. The molecule has 0 spiro atoms. The predicted octanol–water partition coefficient (Wildman–Crippen LogP) is 1.67. The molecule has 4 heteroatoms. The van der Waals surface area contributed by atoms with Crippen LogP contribution in [0, 0.1) is 0 Å². The molecule has 0 unspecified atom stereocenters. The second-order valence-corrected chi connectivity index (χ2v) is 4.50. The normalized spacial score (nSPS) is 19.2. The predicted molar refractivity (Wildman–Crippen MR) is 58.1 cm³/mol. The molecule has 80 valence electrons. The molecule has 1 aliphatic rings. The van der Waals surface area contributed by atoms with E-state index in [-0.39, 0.29) is 5.54 Å². The number of aldehydes is 1. The maximum absolute atomic E-state index is 10.5. The van der Waals surface area contributed by atoms with Crippen LogP contribution >= 0.6 is 0 Å². The van der Waals surface area contributed by atoms with E-state index in [0.717, 1.165) is 25.2 Å². The third-order valence-electron chi connectivity index (χ3n) is 2.94. The van der Waals surface area contributed by atoms with Gasteiger partial charge in [-0.1, -0.05) is 0 Å². The molecule has 0 N–H and O–H groups in total. The van der Waals surface area contributed by atoms with Crippen molar-refractivity contribution in [2.45, 2.75) is 32.2 Å². The van der Waals surface area contributed by atoms with Gasteiger partial charge in [0.2, 0.25) is 5.95 Å². The highest BCUT2D eigenvalue weighted by atomic mass is 16.1. The molecule has 1 aromatic rings. The van der Waals surface area contributed by atoms with Gasteiger partial charge >= 0.3 is 0 Å². The molecular formula is C11H15N3O. The monoisotopic (exact) mass is 205 g/mol. The first-order valence-electron chi connectivity index (χ1n) is 5.18. The van der Waals surface area contributed by atoms with E-state index in [1.165, 1.54) is 6.42 Å². The van der Waals surface area contributed by atoms with E-state index in [4.69, 9.17) is 0 Å². The maximum atomic E-state index is 10.5. The average molecular weight is 205 g/mol. The summed E-state index contributed by atoms with van der Waals surface area (Å²) in [7, 11) is 0. The molecule has 0 amide bonds. The van der Waals surface area contributed by atoms with Crippen LogP contribution in [0.4, 0.5) is 5.95 Å². The van der Waals surface area contributed by atoms with Crippen LogP contribution < -0.4 is 4.90 Å². The highest BCUT2D eigenvalue weighted by molar-refractivity contribution is 5.73. The molecule has 1 saturated heterocycles. The summed E-state index contributed by atoms with van der Waals surface area (Å²) in [6.07, 6.45) is 6.24. The molecule has 0 aromatic carbocycles. The number of hydrogen-bond acceptors (Lipinski definition) is 4. The molecule has 0 bridgehead atoms. The number of aromatic nitrogens is 2. The van der Waals surface area contributed by atoms with Gasteiger partial charge in [0, 0.05) is 24.5 Å². The number of hydrogen-bond donors (Lipinski definition) is 0. The van der Waals surface area contributed by atoms with Crippen LogP contribution in [0.25, 0.3) is 0 Å². The molecule has 1 aromatic heterocycles. The molecule has 4 nitrogen and oxygen atoms in total. The quantitative estimate of drug-likeness (QED) is 0.689. The zero-order valence-corrected chi connectivity index (χ0v) is 9.10. The van der Waals surface area contributed by atoms with Gasteiger partial charge in [0.25, 0.3) is 0 Å². The summed E-state index contributed by atoms with van der Waals surface area (Å²) < 4.78 is 0. The van der Waals surface area contributed by atoms with Gasteiger partial charge in [0.15, 0.2) is 6.29 Å². The van der Waals surface area contributed by atoms with Crippen LogP contribution in [0.2, 0.25) is 0 Å². The van der Waals surface area contributed by atoms with Gasteiger partial charge < -0.3 is 4.90 Å². The van der Waals surface area contributed by atoms with Crippen molar-refractivity contribution >= 4 is 12.2 Å². The maximum Gasteiger partial charge on any atom is 0.225 e. The van der Waals surface area contributed by atoms with Gasteiger partial charge in [0.1, 0.15) is 0 Å². The topological polar surface area (TPSA) is 46.1 Å². The molecule has 15 heavy (non-hydrogen) atoms. The molecule has 1 fully saturated rings. The summed E-state index contributed by atoms with van der Waals surface area (Å²) >= 11 is 0. The zero-order valence-electron chi connectivity index (χ0n) is 9.10. The Kier molecular flexibility index (Phi) is 2.42. The lowest BCUT2D eigenvalue weighted by molar-refractivity contribution is 0.112. The van der Waals surface area contributed by atoms with Crippen LogP contribution in [0.1, 0.15) is 37.0 Å². The highest BCUT2D eigenvalue weighted by Gasteiger charge is 2.33. The number of carbonyl (C=O) groups excluding carboxylic acids is 1. The van der Waals surface area contributed by atoms with Crippen LogP contribution in [0.15, 0.2) is 12.4 Å². The number of carbonyl (C=O) groups is 1. The van der Waals surface area contributed by atoms with Gasteiger partial charge in [-0.05, 0) is 26.7 Å². The Morgan fingerprint density at radius 2 is 2.07 bits per heavy atom. The minimum absolute atomic E-state index is 0.128. The summed E-state index contributed by atoms with van der Waals surface area (Å²) in [5.41, 5.74) is 0.652. The highest BCUT2D eigenvalue weighted by Crippen LogP contribution is 2.30. The van der Waals surface area contributed by atoms with E-state index in [9.17, 15) is 4.79 Å². The smallest absolute Gasteiger partial charge is 0.225 e. The third kappa shape index (κ3) is 1.84. The Morgan fingerprint density at radius 1 is 1.40 bits per heavy atom. The fourth-order valence-electron chi connectivity index (χ4n) is 2.01. The van der Waals surface area contributed by atoms with E-state index in [1.807, 2.05) is 0 Å². The molecule has 0 saturated carbocycles. The second kappa shape index (κ2) is 3.61. The number of rotatable bonds is 2. The van der Waals surface area contributed by atoms with Crippen molar-refractivity contribution < 1.29 is 4.79 Å². The fraction of sp³-hybridized carbons (Fsp3) is 0.545. The summed E-state index contributed by atoms with van der Waals surface area (Å²) in [6, 6.07) is 0. The van der Waals surface area contributed by atoms with Crippen LogP contribution in [-0.2, 0) is 0 Å². The Balaban J connectivity index is 2.26. The molecule has 1 aliphatic heterocycles. The Bertz CT molecular complexity index is 359. The Hall–Kier alpha value is -1.45. The van der Waals surface area contributed by atoms with Crippen molar-refractivity contribution in [1.29, 1.82) is 0 Å². The standard InChI is InChI=1S/C11H15N3O/c1-11(2)4-3-5-14(11)10-12-6-9(8-15)7-13-10/h6-8H,3-5H2,1-2H3. The summed E-state index contributed by atoms with van der Waals surface area (Å²) in [5.74, 6) is 0.725. The van der Waals surface area contributed by atoms with Gasteiger partial charge in [-0.15, -0.1) is 0 Å². The van der Waals surface area contributed by atoms with Crippen molar-refractivity contribution in [2.24, 2.45) is 0 Å². The summed E-state index contributed by atoms with van der Waals surface area (Å²) in [4.78, 5) is 21.1. The zero-order chi connectivity index (χ0) is 10.9. The van der Waals surface area contributed by atoms with Crippen LogP contribution in [0.5, 0.6) is 0 Å². The first-order valence-corrected chi connectivity index (χ1v) is 5.18. The Morgan fingerprint density at radius 3 is 2.53 bits per heavy atom. The molecule has 0 atom stereocenters. The van der Waals surface area contributed by atoms with Crippen LogP contribution in [0.3, 0.4) is 0 Å². The van der Waals surface area contributed by atoms with Crippen molar-refractivity contribution in [3.63, 3.8) is 0 Å². The van der Waals surface area contributed by atoms with E-state index < -0.39 is 0 Å². The average Bonchev–Trinajstić information content (AvgIpc) is 2.58. The van der Waals surface area contributed by atoms with Gasteiger partial charge in [0.05, 0.1) is 5.56 Å². The van der Waals surface area contributed by atoms with E-state index in [0.29, 0.717) is 5.56 Å². The molecule has 0 radical (unpaired) electrons. The molecule has 0 aliphatic carbocycles. The fourth-order valence-corrected chi connectivity index (χ4v) is 2.01. The lowest BCUT2D eigenvalue weighted by atomic mass is 10.0. The third-order valence-corrected chi connectivity index (χ3v) is 2.94. The van der Waals surface area contributed by atoms with Crippen LogP contribution in [-0.4, -0.2) is 28.3 Å². The Labute approximate surface area is 89.3 Å². The van der Waals surface area contributed by atoms with Gasteiger partial charge in [-0.25, -0.2) is 9.97 Å². The summed E-state index contributed by atoms with van der Waals surface area (Å²) in [5, 5.41) is 0. The first kappa shape index (κ1) is 10.1. The van der Waals surface area contributed by atoms with E-state index in [1.54, 1.807) is 12.4 Å². The summed E-state index contributed by atoms with van der Waals surface area (Å²) in [6.45, 7) is 5.38. The largest absolute Gasteiger partial charge is 0.336 e. The number of nitrogens with zero attached hydrogens (tertiary/aromatic N) is 3. The van der Waals surface area contributed by atoms with E-state index >= 15 is 0 Å². The van der Waals surface area contributed by atoms with Crippen molar-refractivity contribution in [3.05, 3.63) is 18.0 Å². The second-order valence-electron chi connectivity index (χ2n) is 4.50. The lowest BCUT2D eigenvalue weighted by Gasteiger charge is -2.31. The molecule has 2 heterocycles. The van der Waals surface area contributed by atoms with Gasteiger partial charge in [-0.3, -0.25) is 4.79 Å².